The van der Waals surface area contributed by atoms with Gasteiger partial charge in [-0.15, -0.1) is 0 Å². The smallest absolute Gasteiger partial charge is 0.322 e. The Morgan fingerprint density at radius 1 is 1.30 bits per heavy atom. The predicted molar refractivity (Wildman–Crippen MR) is 82.7 cm³/mol. The third-order valence-electron chi connectivity index (χ3n) is 4.11. The number of aliphatic carboxylic acids is 1. The number of rotatable bonds is 5. The Balaban J connectivity index is 2.42. The molecule has 1 heterocycles. The van der Waals surface area contributed by atoms with E-state index in [1.54, 1.807) is 0 Å². The molecule has 0 spiro atoms. The Morgan fingerprint density at radius 3 is 2.48 bits per heavy atom. The van der Waals surface area contributed by atoms with Crippen LogP contribution in [-0.4, -0.2) is 55.2 Å². The average molecular weight is 343 g/mol. The van der Waals surface area contributed by atoms with E-state index < -0.39 is 28.0 Å². The summed E-state index contributed by atoms with van der Waals surface area (Å²) in [5.41, 5.74) is 0. The van der Waals surface area contributed by atoms with E-state index in [0.717, 1.165) is 4.31 Å². The van der Waals surface area contributed by atoms with E-state index >= 15 is 0 Å². The second-order valence-corrected chi connectivity index (χ2v) is 7.40. The van der Waals surface area contributed by atoms with Crippen LogP contribution in [0.1, 0.15) is 19.3 Å². The van der Waals surface area contributed by atoms with Gasteiger partial charge in [-0.1, -0.05) is 6.42 Å². The quantitative estimate of drug-likeness (QED) is 0.824. The lowest BCUT2D eigenvalue weighted by atomic mass is 9.96. The topological polar surface area (TPSA) is 104 Å². The summed E-state index contributed by atoms with van der Waals surface area (Å²) in [7, 11) is -2.48. The molecule has 0 bridgehead atoms. The first-order valence-electron chi connectivity index (χ1n) is 7.41. The maximum atomic E-state index is 12.9. The van der Waals surface area contributed by atoms with E-state index in [1.807, 2.05) is 0 Å². The van der Waals surface area contributed by atoms with Gasteiger partial charge in [-0.05, 0) is 37.1 Å². The summed E-state index contributed by atoms with van der Waals surface area (Å²) < 4.78 is 31.7. The first-order chi connectivity index (χ1) is 10.9. The highest BCUT2D eigenvalue weighted by Crippen LogP contribution is 2.29. The Hall–Kier alpha value is -1.64. The van der Waals surface area contributed by atoms with Gasteiger partial charge >= 0.3 is 5.97 Å². The van der Waals surface area contributed by atoms with Gasteiger partial charge in [0.25, 0.3) is 0 Å². The van der Waals surface area contributed by atoms with Gasteiger partial charge in [0.15, 0.2) is 0 Å². The number of hydrogen-bond acceptors (Lipinski definition) is 5. The Morgan fingerprint density at radius 2 is 1.96 bits per heavy atom. The molecule has 8 heteroatoms. The van der Waals surface area contributed by atoms with E-state index in [0.29, 0.717) is 25.0 Å². The number of nitrogens with zero attached hydrogens (tertiary/aromatic N) is 1. The highest BCUT2D eigenvalue weighted by molar-refractivity contribution is 7.89. The van der Waals surface area contributed by atoms with Gasteiger partial charge in [0.05, 0.1) is 12.0 Å². The minimum absolute atomic E-state index is 0.0168. The molecule has 7 nitrogen and oxygen atoms in total. The molecule has 1 fully saturated rings. The first kappa shape index (κ1) is 17.7. The molecule has 2 atom stereocenters. The molecule has 0 saturated carbocycles. The molecule has 1 aliphatic heterocycles. The number of carbonyl (C=O) groups is 1. The van der Waals surface area contributed by atoms with E-state index in [2.05, 4.69) is 0 Å². The normalized spacial score (nSPS) is 23.2. The van der Waals surface area contributed by atoms with Crippen LogP contribution in [0.3, 0.4) is 0 Å². The maximum Gasteiger partial charge on any atom is 0.322 e. The molecule has 2 rings (SSSR count). The zero-order chi connectivity index (χ0) is 17.0. The van der Waals surface area contributed by atoms with Crippen molar-refractivity contribution in [3.63, 3.8) is 0 Å². The number of aliphatic hydroxyl groups excluding tert-OH is 1. The first-order valence-corrected chi connectivity index (χ1v) is 8.85. The standard InChI is InChI=1S/C15H21NO6S/c1-22-12-5-7-13(8-6-12)23(20,21)16-9-3-2-4-11(10-17)14(16)15(18)19/h5-8,11,14,17H,2-4,9-10H2,1H3,(H,18,19). The number of hydrogen-bond donors (Lipinski definition) is 2. The Kier molecular flexibility index (Phi) is 5.61. The van der Waals surface area contributed by atoms with Crippen LogP contribution in [0.4, 0.5) is 0 Å². The van der Waals surface area contributed by atoms with E-state index in [9.17, 15) is 23.4 Å². The molecule has 23 heavy (non-hydrogen) atoms. The average Bonchev–Trinajstić information content (AvgIpc) is 2.77. The molecule has 0 radical (unpaired) electrons. The van der Waals surface area contributed by atoms with E-state index in [1.165, 1.54) is 31.4 Å². The molecular weight excluding hydrogens is 322 g/mol. The summed E-state index contributed by atoms with van der Waals surface area (Å²) in [5, 5.41) is 18.9. The van der Waals surface area contributed by atoms with Gasteiger partial charge in [-0.3, -0.25) is 4.79 Å². The minimum atomic E-state index is -3.96. The van der Waals surface area contributed by atoms with Crippen LogP contribution in [0.5, 0.6) is 5.75 Å². The summed E-state index contributed by atoms with van der Waals surface area (Å²) >= 11 is 0. The fourth-order valence-corrected chi connectivity index (χ4v) is 4.56. The monoisotopic (exact) mass is 343 g/mol. The van der Waals surface area contributed by atoms with Crippen LogP contribution >= 0.6 is 0 Å². The van der Waals surface area contributed by atoms with Crippen molar-refractivity contribution < 1.29 is 28.2 Å². The third kappa shape index (κ3) is 3.65. The van der Waals surface area contributed by atoms with Crippen LogP contribution in [0, 0.1) is 5.92 Å². The lowest BCUT2D eigenvalue weighted by Crippen LogP contribution is -2.49. The van der Waals surface area contributed by atoms with Gasteiger partial charge < -0.3 is 14.9 Å². The SMILES string of the molecule is COc1ccc(S(=O)(=O)N2CCCCC(CO)C2C(=O)O)cc1. The summed E-state index contributed by atoms with van der Waals surface area (Å²) in [6.07, 6.45) is 1.74. The van der Waals surface area contributed by atoms with Gasteiger partial charge in [0.2, 0.25) is 10.0 Å². The molecule has 0 amide bonds. The molecule has 0 aliphatic carbocycles. The van der Waals surface area contributed by atoms with E-state index in [4.69, 9.17) is 4.74 Å². The minimum Gasteiger partial charge on any atom is -0.497 e. The lowest BCUT2D eigenvalue weighted by Gasteiger charge is -2.30. The van der Waals surface area contributed by atoms with Gasteiger partial charge in [0, 0.05) is 19.1 Å². The molecular formula is C15H21NO6S. The lowest BCUT2D eigenvalue weighted by molar-refractivity contribution is -0.143. The van der Waals surface area contributed by atoms with Gasteiger partial charge in [-0.2, -0.15) is 4.31 Å². The zero-order valence-corrected chi connectivity index (χ0v) is 13.7. The predicted octanol–water partition coefficient (Wildman–Crippen LogP) is 0.931. The zero-order valence-electron chi connectivity index (χ0n) is 12.9. The molecule has 1 aliphatic rings. The van der Waals surface area contributed by atoms with Crippen LogP contribution in [0.2, 0.25) is 0 Å². The molecule has 1 aromatic carbocycles. The van der Waals surface area contributed by atoms with Crippen LogP contribution in [-0.2, 0) is 14.8 Å². The van der Waals surface area contributed by atoms with Crippen LogP contribution < -0.4 is 4.74 Å². The van der Waals surface area contributed by atoms with Crippen molar-refractivity contribution in [2.75, 3.05) is 20.3 Å². The summed E-state index contributed by atoms with van der Waals surface area (Å²) in [4.78, 5) is 11.6. The van der Waals surface area contributed by atoms with Crippen LogP contribution in [0.15, 0.2) is 29.2 Å². The van der Waals surface area contributed by atoms with Crippen molar-refractivity contribution in [3.05, 3.63) is 24.3 Å². The highest BCUT2D eigenvalue weighted by atomic mass is 32.2. The Bertz CT molecular complexity index is 642. The number of benzene rings is 1. The second-order valence-electron chi connectivity index (χ2n) is 5.51. The molecule has 2 N–H and O–H groups in total. The van der Waals surface area contributed by atoms with Crippen molar-refractivity contribution in [3.8, 4) is 5.75 Å². The third-order valence-corrected chi connectivity index (χ3v) is 6.01. The van der Waals surface area contributed by atoms with Crippen molar-refractivity contribution in [1.29, 1.82) is 0 Å². The molecule has 2 unspecified atom stereocenters. The fourth-order valence-electron chi connectivity index (χ4n) is 2.87. The number of ether oxygens (including phenoxy) is 1. The second kappa shape index (κ2) is 7.29. The molecule has 1 aromatic rings. The van der Waals surface area contributed by atoms with Crippen molar-refractivity contribution in [1.82, 2.24) is 4.31 Å². The largest absolute Gasteiger partial charge is 0.497 e. The van der Waals surface area contributed by atoms with Gasteiger partial charge in [-0.25, -0.2) is 8.42 Å². The maximum absolute atomic E-state index is 12.9. The van der Waals surface area contributed by atoms with E-state index in [-0.39, 0.29) is 18.0 Å². The van der Waals surface area contributed by atoms with Crippen molar-refractivity contribution in [2.45, 2.75) is 30.2 Å². The number of sulfonamides is 1. The van der Waals surface area contributed by atoms with Crippen molar-refractivity contribution >= 4 is 16.0 Å². The van der Waals surface area contributed by atoms with Gasteiger partial charge in [0.1, 0.15) is 11.8 Å². The Labute approximate surface area is 135 Å². The molecule has 0 aromatic heterocycles. The number of carboxylic acid groups (broad SMARTS) is 1. The molecule has 1 saturated heterocycles. The number of methoxy groups -OCH3 is 1. The summed E-state index contributed by atoms with van der Waals surface area (Å²) in [6.45, 7) is -0.229. The summed E-state index contributed by atoms with van der Waals surface area (Å²) in [6, 6.07) is 4.57. The number of carboxylic acids is 1. The summed E-state index contributed by atoms with van der Waals surface area (Å²) in [5.74, 6) is -1.33. The highest BCUT2D eigenvalue weighted by Gasteiger charge is 2.41. The van der Waals surface area contributed by atoms with Crippen LogP contribution in [0.25, 0.3) is 0 Å². The fraction of sp³-hybridized carbons (Fsp3) is 0.533. The van der Waals surface area contributed by atoms with Crippen molar-refractivity contribution in [2.24, 2.45) is 5.92 Å². The molecule has 128 valence electrons. The number of aliphatic hydroxyl groups is 1.